The number of rotatable bonds is 7. The Morgan fingerprint density at radius 3 is 2.85 bits per heavy atom. The molecule has 2 rings (SSSR count). The van der Waals surface area contributed by atoms with Gasteiger partial charge in [-0.05, 0) is 13.3 Å². The van der Waals surface area contributed by atoms with Crippen LogP contribution in [-0.4, -0.2) is 53.6 Å². The molecular formula is C14H28N4O2. The molecular weight excluding hydrogens is 256 g/mol. The van der Waals surface area contributed by atoms with Gasteiger partial charge in [-0.25, -0.2) is 0 Å². The summed E-state index contributed by atoms with van der Waals surface area (Å²) < 4.78 is 0. The molecule has 2 fully saturated rings. The van der Waals surface area contributed by atoms with E-state index < -0.39 is 0 Å². The third kappa shape index (κ3) is 3.49. The number of fused-ring (bicyclic) bond motifs is 1. The standard InChI is InChI=1S/C14H28N4O2/c1-3-4-5-6-7-11(10(2)19)18-9-17-12-13(18)15-8-16-14(12)20/h10-13,15,17,19H,3-9H2,1-2H3,(H,16,20). The van der Waals surface area contributed by atoms with Gasteiger partial charge in [0.05, 0.1) is 25.6 Å². The number of nitrogens with one attached hydrogen (secondary N) is 3. The molecule has 2 aliphatic heterocycles. The van der Waals surface area contributed by atoms with E-state index in [2.05, 4.69) is 27.8 Å². The summed E-state index contributed by atoms with van der Waals surface area (Å²) in [5, 5.41) is 19.4. The molecule has 0 aromatic rings. The first-order valence-corrected chi connectivity index (χ1v) is 7.83. The number of unbranched alkanes of at least 4 members (excludes halogenated alkanes) is 3. The van der Waals surface area contributed by atoms with Gasteiger partial charge in [0, 0.05) is 6.04 Å². The summed E-state index contributed by atoms with van der Waals surface area (Å²) in [6, 6.07) is -0.103. The van der Waals surface area contributed by atoms with Crippen LogP contribution in [0.15, 0.2) is 0 Å². The van der Waals surface area contributed by atoms with Gasteiger partial charge in [-0.3, -0.25) is 20.3 Å². The number of aliphatic hydroxyl groups is 1. The molecule has 0 bridgehead atoms. The van der Waals surface area contributed by atoms with E-state index in [4.69, 9.17) is 0 Å². The Morgan fingerprint density at radius 2 is 2.15 bits per heavy atom. The highest BCUT2D eigenvalue weighted by atomic mass is 16.3. The molecule has 0 aliphatic carbocycles. The average Bonchev–Trinajstić information content (AvgIpc) is 2.84. The van der Waals surface area contributed by atoms with E-state index in [0.29, 0.717) is 13.3 Å². The predicted octanol–water partition coefficient (Wildman–Crippen LogP) is -0.0595. The third-order valence-corrected chi connectivity index (χ3v) is 4.36. The lowest BCUT2D eigenvalue weighted by Gasteiger charge is -2.37. The van der Waals surface area contributed by atoms with Gasteiger partial charge in [-0.15, -0.1) is 0 Å². The topological polar surface area (TPSA) is 76.6 Å². The van der Waals surface area contributed by atoms with Crippen LogP contribution in [-0.2, 0) is 4.79 Å². The molecule has 0 aromatic carbocycles. The Balaban J connectivity index is 1.93. The predicted molar refractivity (Wildman–Crippen MR) is 77.8 cm³/mol. The van der Waals surface area contributed by atoms with Crippen molar-refractivity contribution in [2.75, 3.05) is 13.3 Å². The monoisotopic (exact) mass is 284 g/mol. The van der Waals surface area contributed by atoms with Crippen LogP contribution in [0.4, 0.5) is 0 Å². The van der Waals surface area contributed by atoms with E-state index in [1.165, 1.54) is 19.3 Å². The third-order valence-electron chi connectivity index (χ3n) is 4.36. The molecule has 4 N–H and O–H groups in total. The van der Waals surface area contributed by atoms with Gasteiger partial charge in [0.15, 0.2) is 0 Å². The van der Waals surface area contributed by atoms with Crippen LogP contribution in [0.1, 0.15) is 46.0 Å². The quantitative estimate of drug-likeness (QED) is 0.493. The molecule has 2 heterocycles. The van der Waals surface area contributed by atoms with Crippen LogP contribution < -0.4 is 16.0 Å². The fourth-order valence-corrected chi connectivity index (χ4v) is 3.22. The number of carbonyl (C=O) groups is 1. The lowest BCUT2D eigenvalue weighted by Crippen LogP contribution is -2.64. The zero-order chi connectivity index (χ0) is 14.5. The van der Waals surface area contributed by atoms with Crippen molar-refractivity contribution in [1.82, 2.24) is 20.9 Å². The van der Waals surface area contributed by atoms with Gasteiger partial charge in [-0.2, -0.15) is 0 Å². The summed E-state index contributed by atoms with van der Waals surface area (Å²) >= 11 is 0. The molecule has 20 heavy (non-hydrogen) atoms. The van der Waals surface area contributed by atoms with E-state index >= 15 is 0 Å². The maximum absolute atomic E-state index is 11.8. The number of hydrogen-bond donors (Lipinski definition) is 4. The number of carbonyl (C=O) groups excluding carboxylic acids is 1. The Hall–Kier alpha value is -0.690. The van der Waals surface area contributed by atoms with Gasteiger partial charge in [0.25, 0.3) is 0 Å². The maximum atomic E-state index is 11.8. The minimum absolute atomic E-state index is 0.00507. The summed E-state index contributed by atoms with van der Waals surface area (Å²) in [7, 11) is 0. The number of aliphatic hydroxyl groups excluding tert-OH is 1. The smallest absolute Gasteiger partial charge is 0.241 e. The first kappa shape index (κ1) is 15.7. The van der Waals surface area contributed by atoms with E-state index in [9.17, 15) is 9.90 Å². The van der Waals surface area contributed by atoms with Crippen molar-refractivity contribution in [3.8, 4) is 0 Å². The van der Waals surface area contributed by atoms with Crippen LogP contribution in [0.5, 0.6) is 0 Å². The zero-order valence-corrected chi connectivity index (χ0v) is 12.6. The lowest BCUT2D eigenvalue weighted by molar-refractivity contribution is -0.126. The van der Waals surface area contributed by atoms with Crippen molar-refractivity contribution < 1.29 is 9.90 Å². The van der Waals surface area contributed by atoms with Gasteiger partial charge >= 0.3 is 0 Å². The van der Waals surface area contributed by atoms with Crippen LogP contribution >= 0.6 is 0 Å². The van der Waals surface area contributed by atoms with Crippen LogP contribution in [0, 0.1) is 0 Å². The molecule has 0 saturated carbocycles. The fourth-order valence-electron chi connectivity index (χ4n) is 3.22. The summed E-state index contributed by atoms with van der Waals surface area (Å²) in [5.74, 6) is 0.0478. The molecule has 6 heteroatoms. The highest BCUT2D eigenvalue weighted by molar-refractivity contribution is 5.83. The van der Waals surface area contributed by atoms with Crippen LogP contribution in [0.25, 0.3) is 0 Å². The molecule has 6 nitrogen and oxygen atoms in total. The SMILES string of the molecule is CCCCCCC(C(C)O)N1CNC2C(=O)NCNC21. The van der Waals surface area contributed by atoms with Gasteiger partial charge in [-0.1, -0.05) is 32.6 Å². The number of hydrogen-bond acceptors (Lipinski definition) is 5. The normalized spacial score (nSPS) is 29.9. The molecule has 0 spiro atoms. The molecule has 2 saturated heterocycles. The summed E-state index contributed by atoms with van der Waals surface area (Å²) in [6.45, 7) is 5.20. The van der Waals surface area contributed by atoms with Crippen molar-refractivity contribution in [2.24, 2.45) is 0 Å². The van der Waals surface area contributed by atoms with Crippen molar-refractivity contribution >= 4 is 5.91 Å². The fraction of sp³-hybridized carbons (Fsp3) is 0.929. The van der Waals surface area contributed by atoms with Crippen LogP contribution in [0.2, 0.25) is 0 Å². The van der Waals surface area contributed by atoms with E-state index in [1.807, 2.05) is 6.92 Å². The number of amides is 1. The lowest BCUT2D eigenvalue weighted by atomic mass is 10.0. The molecule has 2 aliphatic rings. The minimum Gasteiger partial charge on any atom is -0.392 e. The second-order valence-electron chi connectivity index (χ2n) is 5.88. The van der Waals surface area contributed by atoms with Crippen molar-refractivity contribution in [3.05, 3.63) is 0 Å². The van der Waals surface area contributed by atoms with Crippen LogP contribution in [0.3, 0.4) is 0 Å². The van der Waals surface area contributed by atoms with Crippen molar-refractivity contribution in [2.45, 2.75) is 70.3 Å². The summed E-state index contributed by atoms with van der Waals surface area (Å²) in [6.07, 6.45) is 5.39. The minimum atomic E-state index is -0.385. The largest absolute Gasteiger partial charge is 0.392 e. The van der Waals surface area contributed by atoms with Gasteiger partial charge in [0.1, 0.15) is 6.04 Å². The summed E-state index contributed by atoms with van der Waals surface area (Å²) in [4.78, 5) is 14.0. The second kappa shape index (κ2) is 7.36. The van der Waals surface area contributed by atoms with Gasteiger partial charge in [0.2, 0.25) is 5.91 Å². The number of nitrogens with zero attached hydrogens (tertiary/aromatic N) is 1. The van der Waals surface area contributed by atoms with E-state index in [0.717, 1.165) is 12.8 Å². The summed E-state index contributed by atoms with van der Waals surface area (Å²) in [5.41, 5.74) is 0. The van der Waals surface area contributed by atoms with Gasteiger partial charge < -0.3 is 10.4 Å². The Labute approximate surface area is 121 Å². The van der Waals surface area contributed by atoms with E-state index in [1.54, 1.807) is 0 Å². The van der Waals surface area contributed by atoms with Crippen molar-refractivity contribution in [1.29, 1.82) is 0 Å². The Bertz CT molecular complexity index is 324. The molecule has 4 atom stereocenters. The highest BCUT2D eigenvalue weighted by Gasteiger charge is 2.43. The van der Waals surface area contributed by atoms with Crippen molar-refractivity contribution in [3.63, 3.8) is 0 Å². The Morgan fingerprint density at radius 1 is 1.35 bits per heavy atom. The Kier molecular flexibility index (Phi) is 5.77. The second-order valence-corrected chi connectivity index (χ2v) is 5.88. The molecule has 0 radical (unpaired) electrons. The molecule has 1 amide bonds. The molecule has 0 aromatic heterocycles. The zero-order valence-electron chi connectivity index (χ0n) is 12.6. The van der Waals surface area contributed by atoms with E-state index in [-0.39, 0.29) is 30.3 Å². The molecule has 116 valence electrons. The molecule has 4 unspecified atom stereocenters. The maximum Gasteiger partial charge on any atom is 0.241 e. The highest BCUT2D eigenvalue weighted by Crippen LogP contribution is 2.21. The first-order chi connectivity index (χ1) is 9.65. The average molecular weight is 284 g/mol. The first-order valence-electron chi connectivity index (χ1n) is 7.83.